The van der Waals surface area contributed by atoms with Gasteiger partial charge in [0.2, 0.25) is 0 Å². The lowest BCUT2D eigenvalue weighted by atomic mass is 9.33. The van der Waals surface area contributed by atoms with E-state index in [1.165, 1.54) is 49.8 Å². The van der Waals surface area contributed by atoms with Crippen LogP contribution in [-0.2, 0) is 21.7 Å². The molecule has 2 aliphatic rings. The maximum absolute atomic E-state index is 8.63. The Balaban J connectivity index is 0.861. The van der Waals surface area contributed by atoms with E-state index in [9.17, 15) is 0 Å². The van der Waals surface area contributed by atoms with Crippen molar-refractivity contribution in [1.29, 1.82) is 0 Å². The summed E-state index contributed by atoms with van der Waals surface area (Å²) >= 11 is 0. The van der Waals surface area contributed by atoms with Crippen LogP contribution in [-0.4, -0.2) is 41.2 Å². The highest BCUT2D eigenvalue weighted by Crippen LogP contribution is 2.51. The van der Waals surface area contributed by atoms with Crippen LogP contribution in [0.2, 0.25) is 0 Å². The van der Waals surface area contributed by atoms with Crippen LogP contribution in [0.3, 0.4) is 0 Å². The Morgan fingerprint density at radius 2 is 0.531 bits per heavy atom. The van der Waals surface area contributed by atoms with Crippen LogP contribution in [0.15, 0.2) is 370 Å². The molecule has 0 saturated carbocycles. The van der Waals surface area contributed by atoms with E-state index in [0.29, 0.717) is 46.2 Å². The van der Waals surface area contributed by atoms with Crippen molar-refractivity contribution in [1.82, 2.24) is 34.5 Å². The highest BCUT2D eigenvalue weighted by Gasteiger charge is 2.45. The van der Waals surface area contributed by atoms with E-state index in [4.69, 9.17) is 36.5 Å². The fourth-order valence-corrected chi connectivity index (χ4v) is 18.7. The summed E-state index contributed by atoms with van der Waals surface area (Å²) < 4.78 is 2.32. The normalized spacial score (nSPS) is 12.6. The Labute approximate surface area is 762 Å². The van der Waals surface area contributed by atoms with E-state index in [1.54, 1.807) is 0 Å². The first-order valence-corrected chi connectivity index (χ1v) is 44.9. The van der Waals surface area contributed by atoms with Gasteiger partial charge in [0.15, 0.2) is 40.6 Å². The smallest absolute Gasteiger partial charge is 0.252 e. The summed E-state index contributed by atoms with van der Waals surface area (Å²) in [6, 6.07) is 134. The molecule has 16 aromatic carbocycles. The Bertz CT molecular complexity index is 7250. The summed E-state index contributed by atoms with van der Waals surface area (Å²) in [6.45, 7) is 36.4. The van der Waals surface area contributed by atoms with E-state index in [2.05, 4.69) is 363 Å². The number of aromatic nitrogens is 7. The van der Waals surface area contributed by atoms with Gasteiger partial charge in [-0.15, -0.1) is 0 Å². The van der Waals surface area contributed by atoms with Crippen LogP contribution in [0.5, 0.6) is 0 Å². The molecule has 5 heterocycles. The second-order valence-electron chi connectivity index (χ2n) is 38.7. The lowest BCUT2D eigenvalue weighted by Gasteiger charge is -2.45. The summed E-state index contributed by atoms with van der Waals surface area (Å²) in [5, 5.41) is 1.91. The number of rotatable bonds is 14. The van der Waals surface area contributed by atoms with Gasteiger partial charge in [-0.2, -0.15) is 0 Å². The van der Waals surface area contributed by atoms with Gasteiger partial charge in [0.05, 0.1) is 23.3 Å². The van der Waals surface area contributed by atoms with Crippen LogP contribution in [0.4, 0.5) is 39.8 Å². The van der Waals surface area contributed by atoms with E-state index in [1.807, 2.05) is 109 Å². The number of benzene rings is 16. The van der Waals surface area contributed by atoms with Crippen LogP contribution < -0.4 is 26.2 Å². The Kier molecular flexibility index (Phi) is 20.1. The molecule has 0 bridgehead atoms. The van der Waals surface area contributed by atoms with Crippen LogP contribution in [0, 0.1) is 6.57 Å². The SMILES string of the molecule is [C-]#[N+]c1ccc(-n2c3ccc(-c4cc5c6c(c4)N(c4ccc(-c7ccccc7)cc4)c4cc(-c7cc(C(C)(C)C)cc(C(C)(C)C)c7)ccc4B6c4ccc(-c6cc(C(C)(C)C)cc(C(C)(C)C)c6)cc4N5c4ccc(-c5ccccc5)cc4)cc3c3cc(-c4nc(-c5ccccc5)nc(-c5ccccc5)n4)ccc32)c(-c2nc(-c3ccccc3)nc(-c3ccccc3)n2)c1. The first-order chi connectivity index (χ1) is 62.9. The first-order valence-electron chi connectivity index (χ1n) is 44.9. The summed E-state index contributed by atoms with van der Waals surface area (Å²) in [6.07, 6.45) is 0. The number of anilines is 6. The minimum Gasteiger partial charge on any atom is -0.311 e. The number of hydrogen-bond acceptors (Lipinski definition) is 8. The molecular weight excluding hydrogens is 1580 g/mol. The van der Waals surface area contributed by atoms with Gasteiger partial charge in [-0.05, 0) is 207 Å². The monoisotopic (exact) mass is 1680 g/mol. The van der Waals surface area contributed by atoms with E-state index in [0.717, 1.165) is 134 Å². The largest absolute Gasteiger partial charge is 0.311 e. The van der Waals surface area contributed by atoms with Gasteiger partial charge >= 0.3 is 0 Å². The van der Waals surface area contributed by atoms with Gasteiger partial charge in [-0.3, -0.25) is 0 Å². The average Bonchev–Trinajstić information content (AvgIpc) is 0.784. The Morgan fingerprint density at radius 1 is 0.238 bits per heavy atom. The maximum Gasteiger partial charge on any atom is 0.252 e. The van der Waals surface area contributed by atoms with Crippen LogP contribution >= 0.6 is 0 Å². The van der Waals surface area contributed by atoms with Crippen molar-refractivity contribution >= 4 is 84.7 Å². The standard InChI is InChI=1S/C119H97BN10/c1-116(2,3)90-62-87(63-91(72-90)117(4,5)6)84-48-57-100-105(68-84)128(95-53-44-77(45-54-95)75-32-20-14-21-33-75)107-70-89(71-108-109(107)120(100)101-58-49-85(88-64-92(118(7,8)9)73-93(65-88)119(10,11)12)69-106(101)129(108)96-55-46-78(47-56-96)76-34-22-15-23-35-76)83-50-59-102-97(66-83)98-67-86(114-124-110(79-36-24-16-25-37-79)122-111(125-114)80-38-26-17-27-39-80)51-60-103(98)130(102)104-61-52-94(121-13)74-99(104)115-126-112(81-40-28-18-29-41-81)123-113(127-115)82-42-30-19-31-43-82/h14-74H,1-12H3. The zero-order chi connectivity index (χ0) is 89.1. The van der Waals surface area contributed by atoms with Gasteiger partial charge in [0, 0.05) is 78.3 Å². The fraction of sp³-hybridized carbons (Fsp3) is 0.134. The predicted octanol–water partition coefficient (Wildman–Crippen LogP) is 29.3. The van der Waals surface area contributed by atoms with Crippen molar-refractivity contribution in [2.75, 3.05) is 9.80 Å². The average molecular weight is 1680 g/mol. The maximum atomic E-state index is 8.63. The van der Waals surface area contributed by atoms with Crippen LogP contribution in [0.25, 0.3) is 156 Å². The first kappa shape index (κ1) is 81.5. The Morgan fingerprint density at radius 3 is 0.892 bits per heavy atom. The lowest BCUT2D eigenvalue weighted by Crippen LogP contribution is -2.61. The summed E-state index contributed by atoms with van der Waals surface area (Å²) in [4.78, 5) is 41.1. The van der Waals surface area contributed by atoms with E-state index < -0.39 is 0 Å². The zero-order valence-electron chi connectivity index (χ0n) is 75.3. The zero-order valence-corrected chi connectivity index (χ0v) is 75.3. The van der Waals surface area contributed by atoms with E-state index >= 15 is 0 Å². The predicted molar refractivity (Wildman–Crippen MR) is 542 cm³/mol. The number of hydrogen-bond donors (Lipinski definition) is 0. The molecular formula is C119H97BN10. The summed E-state index contributed by atoms with van der Waals surface area (Å²) in [5.74, 6) is 3.10. The molecule has 0 fully saturated rings. The molecule has 0 saturated heterocycles. The van der Waals surface area contributed by atoms with Crippen molar-refractivity contribution < 1.29 is 0 Å². The molecule has 0 N–H and O–H groups in total. The second-order valence-corrected chi connectivity index (χ2v) is 38.7. The fourth-order valence-electron chi connectivity index (χ4n) is 18.7. The van der Waals surface area contributed by atoms with Gasteiger partial charge in [0.1, 0.15) is 0 Å². The lowest BCUT2D eigenvalue weighted by molar-refractivity contribution is 0.568. The topological polar surface area (TPSA) is 93.1 Å². The van der Waals surface area contributed by atoms with Crippen molar-refractivity contribution in [2.24, 2.45) is 0 Å². The van der Waals surface area contributed by atoms with Gasteiger partial charge in [0.25, 0.3) is 6.71 Å². The highest BCUT2D eigenvalue weighted by atomic mass is 15.2. The third-order valence-electron chi connectivity index (χ3n) is 25.9. The molecule has 11 heteroatoms. The van der Waals surface area contributed by atoms with Gasteiger partial charge < -0.3 is 14.4 Å². The van der Waals surface area contributed by atoms with Gasteiger partial charge in [-0.1, -0.05) is 362 Å². The molecule has 130 heavy (non-hydrogen) atoms. The molecule has 0 atom stereocenters. The molecule has 10 nitrogen and oxygen atoms in total. The molecule has 0 radical (unpaired) electrons. The van der Waals surface area contributed by atoms with Gasteiger partial charge in [-0.25, -0.2) is 34.7 Å². The van der Waals surface area contributed by atoms with Crippen molar-refractivity contribution in [2.45, 2.75) is 105 Å². The van der Waals surface area contributed by atoms with Crippen molar-refractivity contribution in [3.63, 3.8) is 0 Å². The third-order valence-corrected chi connectivity index (χ3v) is 25.9. The molecule has 21 rings (SSSR count). The quantitative estimate of drug-likeness (QED) is 0.0785. The minimum atomic E-state index is -0.247. The van der Waals surface area contributed by atoms with Crippen molar-refractivity contribution in [3.8, 4) is 130 Å². The molecule has 626 valence electrons. The second kappa shape index (κ2) is 32.1. The number of nitrogens with zero attached hydrogens (tertiary/aromatic N) is 10. The molecule has 0 aliphatic carbocycles. The molecule has 0 spiro atoms. The Hall–Kier alpha value is -15.5. The van der Waals surface area contributed by atoms with E-state index in [-0.39, 0.29) is 28.4 Å². The summed E-state index contributed by atoms with van der Waals surface area (Å²) in [5.41, 5.74) is 33.8. The molecule has 0 unspecified atom stereocenters. The minimum absolute atomic E-state index is 0.125. The third kappa shape index (κ3) is 15.2. The summed E-state index contributed by atoms with van der Waals surface area (Å²) in [7, 11) is 0. The van der Waals surface area contributed by atoms with Crippen LogP contribution in [0.1, 0.15) is 105 Å². The molecule has 3 aromatic heterocycles. The molecule has 2 aliphatic heterocycles. The molecule has 0 amide bonds. The number of fused-ring (bicyclic) bond motifs is 7. The van der Waals surface area contributed by atoms with Crippen molar-refractivity contribution in [3.05, 3.63) is 404 Å². The highest BCUT2D eigenvalue weighted by molar-refractivity contribution is 7.00. The molecule has 19 aromatic rings.